The summed E-state index contributed by atoms with van der Waals surface area (Å²) in [6.07, 6.45) is 9.33. The fourth-order valence-electron chi connectivity index (χ4n) is 7.95. The van der Waals surface area contributed by atoms with E-state index in [1.165, 1.54) is 30.6 Å². The van der Waals surface area contributed by atoms with Crippen LogP contribution in [0.25, 0.3) is 5.76 Å². The summed E-state index contributed by atoms with van der Waals surface area (Å²) in [5.74, 6) is -0.371. The first kappa shape index (κ1) is 52.2. The number of aromatic nitrogens is 2. The predicted octanol–water partition coefficient (Wildman–Crippen LogP) is 8.58. The zero-order chi connectivity index (χ0) is 49.7. The van der Waals surface area contributed by atoms with Crippen LogP contribution in [0.15, 0.2) is 91.0 Å². The van der Waals surface area contributed by atoms with Gasteiger partial charge < -0.3 is 34.2 Å². The fraction of sp³-hybridized carbons (Fsp3) is 0.404. The van der Waals surface area contributed by atoms with Crippen LogP contribution in [0.5, 0.6) is 11.5 Å². The number of aliphatic carboxylic acids is 1. The zero-order valence-electron chi connectivity index (χ0n) is 39.6. The number of rotatable bonds is 11. The number of likely N-dealkylation sites (tertiary alicyclic amines) is 2. The van der Waals surface area contributed by atoms with E-state index < -0.39 is 29.3 Å². The van der Waals surface area contributed by atoms with E-state index in [0.717, 1.165) is 47.5 Å². The molecule has 68 heavy (non-hydrogen) atoms. The number of hydrogen-bond acceptors (Lipinski definition) is 11. The summed E-state index contributed by atoms with van der Waals surface area (Å²) in [4.78, 5) is 70.8. The van der Waals surface area contributed by atoms with Gasteiger partial charge in [0.15, 0.2) is 11.6 Å². The summed E-state index contributed by atoms with van der Waals surface area (Å²) in [6.45, 7) is 14.8. The monoisotopic (exact) mass is 938 g/mol. The summed E-state index contributed by atoms with van der Waals surface area (Å²) in [5.41, 5.74) is 4.04. The molecule has 14 nitrogen and oxygen atoms in total. The molecule has 0 bridgehead atoms. The van der Waals surface area contributed by atoms with Crippen molar-refractivity contribution in [3.63, 3.8) is 0 Å². The minimum Gasteiger partial charge on any atom is -0.491 e. The number of carboxylic acids is 1. The molecule has 0 radical (unpaired) electrons. The van der Waals surface area contributed by atoms with Crippen LogP contribution in [0.4, 0.5) is 8.78 Å². The average molecular weight is 939 g/mol. The highest BCUT2D eigenvalue weighted by Crippen LogP contribution is 2.39. The lowest BCUT2D eigenvalue weighted by Crippen LogP contribution is -2.49. The largest absolute Gasteiger partial charge is 0.491 e. The van der Waals surface area contributed by atoms with Crippen LogP contribution in [0, 0.1) is 25.5 Å². The second-order valence-corrected chi connectivity index (χ2v) is 17.7. The number of carboxylic acid groups (broad SMARTS) is 1. The van der Waals surface area contributed by atoms with Gasteiger partial charge in [-0.2, -0.15) is 0 Å². The minimum atomic E-state index is -1.10. The van der Waals surface area contributed by atoms with Crippen molar-refractivity contribution in [3.8, 4) is 11.5 Å². The first-order chi connectivity index (χ1) is 32.2. The Labute approximate surface area is 395 Å². The Morgan fingerprint density at radius 2 is 1.28 bits per heavy atom. The second-order valence-electron chi connectivity index (χ2n) is 17.7. The molecule has 3 aliphatic rings. The zero-order valence-corrected chi connectivity index (χ0v) is 39.6. The van der Waals surface area contributed by atoms with Crippen molar-refractivity contribution in [1.82, 2.24) is 19.8 Å². The molecule has 4 aromatic rings. The van der Waals surface area contributed by atoms with Crippen molar-refractivity contribution >= 4 is 35.1 Å². The third-order valence-corrected chi connectivity index (χ3v) is 11.2. The van der Waals surface area contributed by atoms with E-state index in [4.69, 9.17) is 24.1 Å². The van der Waals surface area contributed by atoms with Crippen LogP contribution < -0.4 is 9.47 Å². The minimum absolute atomic E-state index is 0.0383. The van der Waals surface area contributed by atoms with Crippen molar-refractivity contribution in [2.24, 2.45) is 0 Å². The van der Waals surface area contributed by atoms with Gasteiger partial charge in [-0.15, -0.1) is 0 Å². The normalized spacial score (nSPS) is 15.8. The van der Waals surface area contributed by atoms with Crippen LogP contribution >= 0.6 is 0 Å². The van der Waals surface area contributed by atoms with E-state index in [1.54, 1.807) is 28.0 Å². The number of amides is 2. The van der Waals surface area contributed by atoms with Gasteiger partial charge in [0.25, 0.3) is 17.8 Å². The van der Waals surface area contributed by atoms with Gasteiger partial charge in [-0.25, -0.2) is 8.78 Å². The number of aliphatic hydroxyl groups excluding tert-OH is 1. The van der Waals surface area contributed by atoms with Crippen LogP contribution in [0.3, 0.4) is 0 Å². The molecule has 5 heterocycles. The van der Waals surface area contributed by atoms with Gasteiger partial charge in [-0.1, -0.05) is 5.57 Å². The summed E-state index contributed by atoms with van der Waals surface area (Å²) in [7, 11) is 0. The van der Waals surface area contributed by atoms with Crippen molar-refractivity contribution in [1.29, 1.82) is 0 Å². The van der Waals surface area contributed by atoms with Crippen LogP contribution in [0.2, 0.25) is 0 Å². The number of carbonyl (C=O) groups excluding carboxylic acids is 4. The lowest BCUT2D eigenvalue weighted by molar-refractivity contribution is -0.134. The van der Waals surface area contributed by atoms with Gasteiger partial charge in [-0.3, -0.25) is 33.9 Å². The van der Waals surface area contributed by atoms with Crippen LogP contribution in [0.1, 0.15) is 122 Å². The molecule has 2 aromatic carbocycles. The Kier molecular flexibility index (Phi) is 18.2. The Balaban J connectivity index is 0.000000236. The molecule has 16 heteroatoms. The number of ether oxygens (including phenoxy) is 3. The van der Waals surface area contributed by atoms with E-state index >= 15 is 0 Å². The van der Waals surface area contributed by atoms with Crippen molar-refractivity contribution in [2.75, 3.05) is 26.2 Å². The van der Waals surface area contributed by atoms with Crippen molar-refractivity contribution < 1.29 is 57.2 Å². The third-order valence-electron chi connectivity index (χ3n) is 11.2. The first-order valence-corrected chi connectivity index (χ1v) is 22.6. The molecular weight excluding hydrogens is 879 g/mol. The smallest absolute Gasteiger partial charge is 0.300 e. The highest BCUT2D eigenvalue weighted by molar-refractivity contribution is 5.98. The van der Waals surface area contributed by atoms with E-state index in [0.29, 0.717) is 74.3 Å². The van der Waals surface area contributed by atoms with E-state index in [2.05, 4.69) is 9.97 Å². The molecule has 2 amide bonds. The molecule has 1 atom stereocenters. The lowest BCUT2D eigenvalue weighted by atomic mass is 9.84. The Morgan fingerprint density at radius 1 is 0.779 bits per heavy atom. The van der Waals surface area contributed by atoms with Gasteiger partial charge in [0.05, 0.1) is 37.1 Å². The predicted molar refractivity (Wildman–Crippen MR) is 250 cm³/mol. The number of nitrogens with zero attached hydrogens (tertiary/aromatic N) is 4. The molecule has 3 aliphatic heterocycles. The molecular formula is C52H60F2N4O10. The molecule has 1 spiro atoms. The van der Waals surface area contributed by atoms with Gasteiger partial charge in [0.1, 0.15) is 34.5 Å². The maximum absolute atomic E-state index is 13.6. The fourth-order valence-corrected chi connectivity index (χ4v) is 7.95. The quantitative estimate of drug-likeness (QED) is 0.137. The second kappa shape index (κ2) is 23.8. The molecule has 1 unspecified atom stereocenters. The molecule has 2 aromatic heterocycles. The number of hydrogen-bond donors (Lipinski definition) is 2. The number of piperidine rings is 2. The Morgan fingerprint density at radius 3 is 1.76 bits per heavy atom. The number of benzene rings is 2. The molecule has 362 valence electrons. The number of aliphatic hydroxyl groups is 1. The maximum Gasteiger partial charge on any atom is 0.300 e. The molecule has 2 N–H and O–H groups in total. The summed E-state index contributed by atoms with van der Waals surface area (Å²) < 4.78 is 44.5. The van der Waals surface area contributed by atoms with E-state index in [1.807, 2.05) is 65.8 Å². The van der Waals surface area contributed by atoms with Crippen molar-refractivity contribution in [2.45, 2.75) is 111 Å². The number of aryl methyl sites for hydroxylation is 2. The highest BCUT2D eigenvalue weighted by atomic mass is 19.1. The molecule has 2 fully saturated rings. The molecule has 7 rings (SSSR count). The van der Waals surface area contributed by atoms with Crippen LogP contribution in [-0.4, -0.2) is 103 Å². The van der Waals surface area contributed by atoms with Gasteiger partial charge >= 0.3 is 0 Å². The summed E-state index contributed by atoms with van der Waals surface area (Å²) in [6, 6.07) is 13.4. The molecule has 2 saturated heterocycles. The van der Waals surface area contributed by atoms with Crippen molar-refractivity contribution in [3.05, 3.63) is 136 Å². The summed E-state index contributed by atoms with van der Waals surface area (Å²) in [5, 5.41) is 17.6. The van der Waals surface area contributed by atoms with Gasteiger partial charge in [0.2, 0.25) is 0 Å². The maximum atomic E-state index is 13.6. The van der Waals surface area contributed by atoms with Gasteiger partial charge in [-0.05, 0) is 120 Å². The first-order valence-electron chi connectivity index (χ1n) is 22.6. The number of carbonyl (C=O) groups is 5. The van der Waals surface area contributed by atoms with Crippen LogP contribution in [-0.2, 0) is 19.1 Å². The molecule has 0 aliphatic carbocycles. The van der Waals surface area contributed by atoms with Gasteiger partial charge in [0, 0.05) is 93.1 Å². The highest BCUT2D eigenvalue weighted by Gasteiger charge is 2.42. The van der Waals surface area contributed by atoms with E-state index in [-0.39, 0.29) is 54.0 Å². The Hall–Kier alpha value is -6.81. The number of ketones is 2. The topological polar surface area (TPSA) is 186 Å². The SMILES string of the molecule is CC(=O)O.Cc1cc(C(=O)N2CCC(=CC(=O)CC(O)c3cncc(F)c3)CC2)ccc1OC(C)C.Cc1cc(C(=O)N2CCC3(CC2)CC(=O)C=C(c2cncc(F)c2)O3)ccc1OC(C)C. The summed E-state index contributed by atoms with van der Waals surface area (Å²) >= 11 is 0. The number of halogens is 2. The molecule has 0 saturated carbocycles. The number of allylic oxidation sites excluding steroid dienone is 2. The van der Waals surface area contributed by atoms with E-state index in [9.17, 15) is 33.1 Å². The third kappa shape index (κ3) is 15.1. The standard InChI is InChI=1S/C25H27FN2O4.C25H29FN2O4.C2H4O2/c1-16(2)31-22-5-4-18(10-17(22)3)24(30)28-8-6-25(7-9-28)13-21(29)12-23(32-25)19-11-20(26)15-27-14-19;1-16(2)32-24-5-4-19(10-17(24)3)25(31)28-8-6-18(7-9-28)11-22(29)13-23(30)20-12-21(26)15-27-14-20;1-2(3)4/h4-5,10-12,14-16H,6-9,13H2,1-3H3;4-5,10-12,14-16,23,30H,6-9,13H2,1-3H3;1H3,(H,3,4). The Bertz CT molecular complexity index is 2520. The average Bonchev–Trinajstić information content (AvgIpc) is 3.27. The number of pyridine rings is 2. The lowest BCUT2D eigenvalue weighted by Gasteiger charge is -2.43.